The van der Waals surface area contributed by atoms with Crippen molar-refractivity contribution in [1.82, 2.24) is 15.0 Å². The van der Waals surface area contributed by atoms with Gasteiger partial charge in [-0.2, -0.15) is 0 Å². The van der Waals surface area contributed by atoms with Crippen LogP contribution in [0.4, 0.5) is 0 Å². The molecule has 0 spiro atoms. The molecule has 0 unspecified atom stereocenters. The quantitative estimate of drug-likeness (QED) is 0.693. The highest BCUT2D eigenvalue weighted by Crippen LogP contribution is 2.24. The van der Waals surface area contributed by atoms with Crippen LogP contribution in [0.3, 0.4) is 0 Å². The van der Waals surface area contributed by atoms with Crippen molar-refractivity contribution in [3.05, 3.63) is 31.7 Å². The van der Waals surface area contributed by atoms with E-state index in [4.69, 9.17) is 4.74 Å². The first-order valence-electron chi connectivity index (χ1n) is 4.14. The van der Waals surface area contributed by atoms with Crippen LogP contribution in [0.25, 0.3) is 5.69 Å². The molecule has 0 saturated heterocycles. The van der Waals surface area contributed by atoms with Crippen LogP contribution < -0.4 is 4.74 Å². The Morgan fingerprint density at radius 2 is 2.00 bits per heavy atom. The number of para-hydroxylation sites is 2. The lowest BCUT2D eigenvalue weighted by atomic mass is 10.3. The van der Waals surface area contributed by atoms with E-state index in [1.807, 2.05) is 24.3 Å². The monoisotopic (exact) mass is 427 g/mol. The van der Waals surface area contributed by atoms with Gasteiger partial charge in [-0.1, -0.05) is 17.3 Å². The minimum absolute atomic E-state index is 0.789. The Bertz CT molecular complexity index is 484. The van der Waals surface area contributed by atoms with Gasteiger partial charge in [-0.25, -0.2) is 4.68 Å². The van der Waals surface area contributed by atoms with E-state index in [1.54, 1.807) is 11.8 Å². The van der Waals surface area contributed by atoms with Crippen molar-refractivity contribution in [2.24, 2.45) is 0 Å². The zero-order chi connectivity index (χ0) is 10.8. The van der Waals surface area contributed by atoms with E-state index in [0.29, 0.717) is 0 Å². The fourth-order valence-corrected chi connectivity index (χ4v) is 2.00. The van der Waals surface area contributed by atoms with Crippen LogP contribution in [-0.4, -0.2) is 22.1 Å². The highest BCUT2D eigenvalue weighted by atomic mass is 127. The number of aromatic nitrogens is 3. The van der Waals surface area contributed by atoms with Gasteiger partial charge in [0.05, 0.1) is 7.11 Å². The van der Waals surface area contributed by atoms with Crippen molar-refractivity contribution in [3.8, 4) is 11.4 Å². The number of benzene rings is 1. The zero-order valence-electron chi connectivity index (χ0n) is 7.82. The Morgan fingerprint density at radius 1 is 1.27 bits per heavy atom. The third kappa shape index (κ3) is 2.10. The average Bonchev–Trinajstić information content (AvgIpc) is 2.60. The summed E-state index contributed by atoms with van der Waals surface area (Å²) in [4.78, 5) is 0. The summed E-state index contributed by atoms with van der Waals surface area (Å²) in [6.45, 7) is 0. The maximum absolute atomic E-state index is 5.27. The molecule has 0 aliphatic carbocycles. The minimum Gasteiger partial charge on any atom is -0.494 e. The number of halogens is 2. The summed E-state index contributed by atoms with van der Waals surface area (Å²) in [6, 6.07) is 7.73. The standard InChI is InChI=1S/C9H7I2N3O/c1-15-7-5-3-2-4-6(7)14-9(11)8(10)12-13-14/h2-5H,1H3. The van der Waals surface area contributed by atoms with Crippen LogP contribution in [-0.2, 0) is 0 Å². The lowest BCUT2D eigenvalue weighted by Gasteiger charge is -2.07. The van der Waals surface area contributed by atoms with Gasteiger partial charge in [0.1, 0.15) is 15.1 Å². The van der Waals surface area contributed by atoms with Gasteiger partial charge in [0, 0.05) is 0 Å². The van der Waals surface area contributed by atoms with E-state index in [9.17, 15) is 0 Å². The topological polar surface area (TPSA) is 39.9 Å². The third-order valence-corrected chi connectivity index (χ3v) is 4.62. The van der Waals surface area contributed by atoms with Gasteiger partial charge in [0.25, 0.3) is 0 Å². The van der Waals surface area contributed by atoms with Crippen LogP contribution in [0.2, 0.25) is 0 Å². The average molecular weight is 427 g/mol. The Balaban J connectivity index is 2.58. The molecule has 0 fully saturated rings. The van der Waals surface area contributed by atoms with Gasteiger partial charge < -0.3 is 4.74 Å². The first kappa shape index (κ1) is 11.1. The second-order valence-electron chi connectivity index (χ2n) is 2.75. The van der Waals surface area contributed by atoms with Gasteiger partial charge in [0.2, 0.25) is 0 Å². The highest BCUT2D eigenvalue weighted by molar-refractivity contribution is 14.1. The molecule has 0 N–H and O–H groups in total. The SMILES string of the molecule is COc1ccccc1-n1nnc(I)c1I. The predicted molar refractivity (Wildman–Crippen MR) is 73.3 cm³/mol. The Hall–Kier alpha value is -0.380. The molecule has 78 valence electrons. The maximum Gasteiger partial charge on any atom is 0.157 e. The zero-order valence-corrected chi connectivity index (χ0v) is 12.1. The number of nitrogens with zero attached hydrogens (tertiary/aromatic N) is 3. The molecular weight excluding hydrogens is 420 g/mol. The van der Waals surface area contributed by atoms with E-state index in [-0.39, 0.29) is 0 Å². The van der Waals surface area contributed by atoms with Gasteiger partial charge in [-0.05, 0) is 57.3 Å². The van der Waals surface area contributed by atoms with Crippen LogP contribution in [0.5, 0.6) is 5.75 Å². The van der Waals surface area contributed by atoms with Crippen LogP contribution in [0, 0.1) is 7.40 Å². The van der Waals surface area contributed by atoms with E-state index in [1.165, 1.54) is 0 Å². The summed E-state index contributed by atoms with van der Waals surface area (Å²) >= 11 is 4.36. The molecule has 1 heterocycles. The van der Waals surface area contributed by atoms with Gasteiger partial charge in [0.15, 0.2) is 3.70 Å². The summed E-state index contributed by atoms with van der Waals surface area (Å²) in [5, 5.41) is 8.07. The molecular formula is C9H7I2N3O. The first-order valence-corrected chi connectivity index (χ1v) is 6.30. The molecule has 4 nitrogen and oxygen atoms in total. The summed E-state index contributed by atoms with van der Waals surface area (Å²) in [6.07, 6.45) is 0. The van der Waals surface area contributed by atoms with Crippen LogP contribution in [0.1, 0.15) is 0 Å². The molecule has 1 aromatic carbocycles. The Kier molecular flexibility index (Phi) is 3.44. The number of rotatable bonds is 2. The summed E-state index contributed by atoms with van der Waals surface area (Å²) < 4.78 is 8.91. The molecule has 0 amide bonds. The van der Waals surface area contributed by atoms with E-state index >= 15 is 0 Å². The molecule has 0 radical (unpaired) electrons. The molecule has 0 aliphatic rings. The molecule has 1 aromatic heterocycles. The lowest BCUT2D eigenvalue weighted by molar-refractivity contribution is 0.411. The van der Waals surface area contributed by atoms with Crippen molar-refractivity contribution >= 4 is 45.2 Å². The number of methoxy groups -OCH3 is 1. The van der Waals surface area contributed by atoms with Crippen molar-refractivity contribution in [2.45, 2.75) is 0 Å². The van der Waals surface area contributed by atoms with Crippen molar-refractivity contribution in [1.29, 1.82) is 0 Å². The van der Waals surface area contributed by atoms with E-state index < -0.39 is 0 Å². The maximum atomic E-state index is 5.27. The Labute approximate surface area is 114 Å². The fraction of sp³-hybridized carbons (Fsp3) is 0.111. The fourth-order valence-electron chi connectivity index (χ4n) is 1.21. The van der Waals surface area contributed by atoms with Crippen molar-refractivity contribution < 1.29 is 4.74 Å². The predicted octanol–water partition coefficient (Wildman–Crippen LogP) is 2.49. The molecule has 0 aliphatic heterocycles. The summed E-state index contributed by atoms with van der Waals surface area (Å²) in [5.41, 5.74) is 0.903. The highest BCUT2D eigenvalue weighted by Gasteiger charge is 2.12. The number of hydrogen-bond acceptors (Lipinski definition) is 3. The van der Waals surface area contributed by atoms with Gasteiger partial charge in [-0.15, -0.1) is 5.10 Å². The first-order chi connectivity index (χ1) is 7.24. The lowest BCUT2D eigenvalue weighted by Crippen LogP contribution is -2.01. The molecule has 0 bridgehead atoms. The largest absolute Gasteiger partial charge is 0.494 e. The Morgan fingerprint density at radius 3 is 2.60 bits per heavy atom. The van der Waals surface area contributed by atoms with Crippen molar-refractivity contribution in [2.75, 3.05) is 7.11 Å². The van der Waals surface area contributed by atoms with Crippen LogP contribution >= 0.6 is 45.2 Å². The molecule has 2 aromatic rings. The molecule has 6 heteroatoms. The van der Waals surface area contributed by atoms with Crippen LogP contribution in [0.15, 0.2) is 24.3 Å². The molecule has 0 atom stereocenters. The summed E-state index contributed by atoms with van der Waals surface area (Å²) in [7, 11) is 1.65. The second-order valence-corrected chi connectivity index (χ2v) is 4.80. The summed E-state index contributed by atoms with van der Waals surface area (Å²) in [5.74, 6) is 0.789. The number of hydrogen-bond donors (Lipinski definition) is 0. The van der Waals surface area contributed by atoms with Gasteiger partial charge >= 0.3 is 0 Å². The molecule has 15 heavy (non-hydrogen) atoms. The normalized spacial score (nSPS) is 10.3. The number of ether oxygens (including phenoxy) is 1. The van der Waals surface area contributed by atoms with E-state index in [0.717, 1.165) is 18.8 Å². The smallest absolute Gasteiger partial charge is 0.157 e. The van der Waals surface area contributed by atoms with E-state index in [2.05, 4.69) is 55.5 Å². The third-order valence-electron chi connectivity index (χ3n) is 1.89. The van der Waals surface area contributed by atoms with Crippen molar-refractivity contribution in [3.63, 3.8) is 0 Å². The second kappa shape index (κ2) is 4.64. The van der Waals surface area contributed by atoms with Gasteiger partial charge in [-0.3, -0.25) is 0 Å². The molecule has 2 rings (SSSR count). The molecule has 0 saturated carbocycles. The minimum atomic E-state index is 0.789.